The van der Waals surface area contributed by atoms with Crippen molar-refractivity contribution >= 4 is 16.9 Å². The molecule has 0 aromatic heterocycles. The Morgan fingerprint density at radius 2 is 2.00 bits per heavy atom. The molecule has 2 aliphatic rings. The second-order valence-corrected chi connectivity index (χ2v) is 7.03. The molecule has 1 saturated heterocycles. The van der Waals surface area contributed by atoms with E-state index >= 15 is 0 Å². The van der Waals surface area contributed by atoms with Gasteiger partial charge in [0.25, 0.3) is 0 Å². The van der Waals surface area contributed by atoms with E-state index < -0.39 is 5.60 Å². The van der Waals surface area contributed by atoms with Gasteiger partial charge in [0, 0.05) is 38.0 Å². The predicted octanol–water partition coefficient (Wildman–Crippen LogP) is 0.866. The molecule has 1 unspecified atom stereocenters. The highest BCUT2D eigenvalue weighted by molar-refractivity contribution is 8.14. The quantitative estimate of drug-likeness (QED) is 0.796. The maximum atomic E-state index is 9.80. The minimum absolute atomic E-state index is 0.587. The number of piperazine rings is 1. The van der Waals surface area contributed by atoms with Gasteiger partial charge in [-0.3, -0.25) is 9.89 Å². The first-order valence-corrected chi connectivity index (χ1v) is 7.23. The van der Waals surface area contributed by atoms with Crippen LogP contribution in [0.15, 0.2) is 4.99 Å². The second kappa shape index (κ2) is 5.16. The summed E-state index contributed by atoms with van der Waals surface area (Å²) >= 11 is 1.89. The molecule has 0 aromatic carbocycles. The molecule has 0 aromatic rings. The number of β-amino-alcohol motifs (C(OH)–C–C–N with tert-alkyl or cyclic N) is 1. The van der Waals surface area contributed by atoms with Crippen LogP contribution < -0.4 is 0 Å². The molecule has 2 heterocycles. The lowest BCUT2D eigenvalue weighted by Crippen LogP contribution is -2.51. The molecule has 2 aliphatic heterocycles. The van der Waals surface area contributed by atoms with Crippen LogP contribution in [0.5, 0.6) is 0 Å². The van der Waals surface area contributed by atoms with Crippen LogP contribution in [0.3, 0.4) is 0 Å². The average Bonchev–Trinajstić information content (AvgIpc) is 2.63. The molecule has 1 N–H and O–H groups in total. The number of rotatable bonds is 2. The van der Waals surface area contributed by atoms with Crippen LogP contribution >= 0.6 is 11.8 Å². The van der Waals surface area contributed by atoms with E-state index in [0.717, 1.165) is 39.3 Å². The van der Waals surface area contributed by atoms with Crippen LogP contribution in [0.4, 0.5) is 0 Å². The predicted molar refractivity (Wildman–Crippen MR) is 73.7 cm³/mol. The van der Waals surface area contributed by atoms with Gasteiger partial charge >= 0.3 is 0 Å². The van der Waals surface area contributed by atoms with Gasteiger partial charge in [-0.25, -0.2) is 0 Å². The summed E-state index contributed by atoms with van der Waals surface area (Å²) in [6.07, 6.45) is 0. The molecule has 0 bridgehead atoms. The van der Waals surface area contributed by atoms with E-state index in [1.54, 1.807) is 0 Å². The Kier molecular flexibility index (Phi) is 4.00. The van der Waals surface area contributed by atoms with Crippen LogP contribution in [0.1, 0.15) is 20.8 Å². The second-order valence-electron chi connectivity index (χ2n) is 5.63. The summed E-state index contributed by atoms with van der Waals surface area (Å²) in [5.74, 6) is 0. The van der Waals surface area contributed by atoms with Gasteiger partial charge in [0.1, 0.15) is 0 Å². The lowest BCUT2D eigenvalue weighted by Gasteiger charge is -2.37. The van der Waals surface area contributed by atoms with Crippen LogP contribution in [-0.2, 0) is 0 Å². The fourth-order valence-corrected chi connectivity index (χ4v) is 3.27. The highest BCUT2D eigenvalue weighted by Gasteiger charge is 2.26. The Bertz CT molecular complexity index is 293. The Balaban J connectivity index is 1.78. The zero-order valence-electron chi connectivity index (χ0n) is 11.0. The first-order valence-electron chi connectivity index (χ1n) is 6.35. The molecular formula is C12H23N3OS. The Hall–Kier alpha value is -0.260. The van der Waals surface area contributed by atoms with Gasteiger partial charge in [0.05, 0.1) is 12.1 Å². The number of thioether (sulfide) groups is 1. The zero-order chi connectivity index (χ0) is 12.5. The van der Waals surface area contributed by atoms with Gasteiger partial charge in [0.2, 0.25) is 0 Å². The van der Waals surface area contributed by atoms with Crippen molar-refractivity contribution in [3.63, 3.8) is 0 Å². The largest absolute Gasteiger partial charge is 0.389 e. The third-order valence-corrected chi connectivity index (χ3v) is 4.19. The summed E-state index contributed by atoms with van der Waals surface area (Å²) in [6.45, 7) is 11.8. The molecule has 1 fully saturated rings. The van der Waals surface area contributed by atoms with Crippen molar-refractivity contribution in [1.82, 2.24) is 9.80 Å². The van der Waals surface area contributed by atoms with Crippen molar-refractivity contribution in [3.05, 3.63) is 0 Å². The van der Waals surface area contributed by atoms with Crippen LogP contribution in [0.25, 0.3) is 0 Å². The topological polar surface area (TPSA) is 39.1 Å². The standard InChI is InChI=1S/C12H23N3OS/c1-10-8-13-11(17-10)15-6-4-14(5-7-15)9-12(2,3)16/h10,16H,4-9H2,1-3H3. The molecule has 98 valence electrons. The van der Waals surface area contributed by atoms with Gasteiger partial charge in [-0.05, 0) is 13.8 Å². The summed E-state index contributed by atoms with van der Waals surface area (Å²) in [6, 6.07) is 0. The molecule has 1 atom stereocenters. The van der Waals surface area contributed by atoms with Crippen LogP contribution in [-0.4, -0.2) is 70.2 Å². The summed E-state index contributed by atoms with van der Waals surface area (Å²) in [4.78, 5) is 9.30. The highest BCUT2D eigenvalue weighted by Crippen LogP contribution is 2.23. The lowest BCUT2D eigenvalue weighted by atomic mass is 10.1. The van der Waals surface area contributed by atoms with Crippen LogP contribution in [0, 0.1) is 0 Å². The van der Waals surface area contributed by atoms with E-state index in [-0.39, 0.29) is 0 Å². The fourth-order valence-electron chi connectivity index (χ4n) is 2.28. The van der Waals surface area contributed by atoms with E-state index in [1.165, 1.54) is 5.17 Å². The first kappa shape index (κ1) is 13.2. The van der Waals surface area contributed by atoms with Crippen molar-refractivity contribution < 1.29 is 5.11 Å². The smallest absolute Gasteiger partial charge is 0.159 e. The van der Waals surface area contributed by atoms with Gasteiger partial charge < -0.3 is 10.0 Å². The van der Waals surface area contributed by atoms with Crippen molar-refractivity contribution in [3.8, 4) is 0 Å². The van der Waals surface area contributed by atoms with Crippen molar-refractivity contribution in [1.29, 1.82) is 0 Å². The summed E-state index contributed by atoms with van der Waals surface area (Å²) in [7, 11) is 0. The maximum absolute atomic E-state index is 9.80. The molecular weight excluding hydrogens is 234 g/mol. The number of hydrogen-bond acceptors (Lipinski definition) is 5. The van der Waals surface area contributed by atoms with Gasteiger partial charge in [-0.15, -0.1) is 0 Å². The molecule has 0 radical (unpaired) electrons. The average molecular weight is 257 g/mol. The molecule has 4 nitrogen and oxygen atoms in total. The minimum Gasteiger partial charge on any atom is -0.389 e. The van der Waals surface area contributed by atoms with Gasteiger partial charge in [-0.1, -0.05) is 18.7 Å². The fraction of sp³-hybridized carbons (Fsp3) is 0.917. The Labute approximate surface area is 108 Å². The van der Waals surface area contributed by atoms with Crippen molar-refractivity contribution in [2.45, 2.75) is 31.6 Å². The van der Waals surface area contributed by atoms with E-state index in [9.17, 15) is 5.11 Å². The molecule has 0 aliphatic carbocycles. The Morgan fingerprint density at radius 3 is 2.47 bits per heavy atom. The third-order valence-electron chi connectivity index (χ3n) is 3.04. The SMILES string of the molecule is CC1CN=C(N2CCN(CC(C)(C)O)CC2)S1. The van der Waals surface area contributed by atoms with E-state index in [0.29, 0.717) is 5.25 Å². The van der Waals surface area contributed by atoms with Crippen LogP contribution in [0.2, 0.25) is 0 Å². The van der Waals surface area contributed by atoms with Gasteiger partial charge in [-0.2, -0.15) is 0 Å². The number of aliphatic imine (C=N–C) groups is 1. The van der Waals surface area contributed by atoms with Gasteiger partial charge in [0.15, 0.2) is 5.17 Å². The molecule has 5 heteroatoms. The maximum Gasteiger partial charge on any atom is 0.159 e. The Morgan fingerprint density at radius 1 is 1.35 bits per heavy atom. The summed E-state index contributed by atoms with van der Waals surface area (Å²) in [5, 5.41) is 11.7. The monoisotopic (exact) mass is 257 g/mol. The van der Waals surface area contributed by atoms with Crippen molar-refractivity contribution in [2.24, 2.45) is 4.99 Å². The number of nitrogens with zero attached hydrogens (tertiary/aromatic N) is 3. The first-order chi connectivity index (χ1) is 7.94. The molecule has 0 amide bonds. The van der Waals surface area contributed by atoms with E-state index in [1.807, 2.05) is 25.6 Å². The molecule has 2 rings (SSSR count). The summed E-state index contributed by atoms with van der Waals surface area (Å²) < 4.78 is 0. The molecule has 0 spiro atoms. The lowest BCUT2D eigenvalue weighted by molar-refractivity contribution is 0.0254. The number of hydrogen-bond donors (Lipinski definition) is 1. The minimum atomic E-state index is -0.587. The van der Waals surface area contributed by atoms with Crippen molar-refractivity contribution in [2.75, 3.05) is 39.3 Å². The third kappa shape index (κ3) is 3.86. The van der Waals surface area contributed by atoms with E-state index in [2.05, 4.69) is 21.7 Å². The molecule has 0 saturated carbocycles. The number of amidine groups is 1. The highest BCUT2D eigenvalue weighted by atomic mass is 32.2. The van der Waals surface area contributed by atoms with E-state index in [4.69, 9.17) is 0 Å². The summed E-state index contributed by atoms with van der Waals surface area (Å²) in [5.41, 5.74) is -0.587. The zero-order valence-corrected chi connectivity index (χ0v) is 11.8. The number of aliphatic hydroxyl groups is 1. The molecule has 17 heavy (non-hydrogen) atoms. The normalized spacial score (nSPS) is 27.4.